The van der Waals surface area contributed by atoms with Crippen LogP contribution in [0.25, 0.3) is 10.9 Å². The molecule has 6 rings (SSSR count). The van der Waals surface area contributed by atoms with Crippen molar-refractivity contribution in [3.8, 4) is 11.5 Å². The Balaban J connectivity index is 1.10. The molecule has 0 unspecified atom stereocenters. The first-order valence-corrected chi connectivity index (χ1v) is 17.6. The molecule has 1 aromatic heterocycles. The Morgan fingerprint density at radius 3 is 2.33 bits per heavy atom. The predicted octanol–water partition coefficient (Wildman–Crippen LogP) is 7.84. The standard InChI is InChI=1S/C36H45F3N6O6/c1-22(25-16-26(36(37,38)39)18-27(17-25)45(48)49)40-33-29-19-32(31(50-3)20-30(29)41-23(2)42-33)51-28-6-12-43(13-7-28)21-24-4-8-35(9-5-24)10-14-44(15-11-35)34(46)47/h16-20,22,24,28H,4-15,21H2,1-3H3,(H,46,47)(H,40,41,42)/t22-/m1/s1. The van der Waals surface area contributed by atoms with Crippen LogP contribution in [0, 0.1) is 28.4 Å². The highest BCUT2D eigenvalue weighted by Crippen LogP contribution is 2.47. The number of carboxylic acid groups (broad SMARTS) is 1. The molecule has 2 aliphatic heterocycles. The van der Waals surface area contributed by atoms with Gasteiger partial charge in [0.05, 0.1) is 29.2 Å². The van der Waals surface area contributed by atoms with E-state index in [0.717, 1.165) is 57.5 Å². The number of nitro benzene ring substituents is 1. The zero-order valence-corrected chi connectivity index (χ0v) is 29.2. The summed E-state index contributed by atoms with van der Waals surface area (Å²) >= 11 is 0. The molecule has 51 heavy (non-hydrogen) atoms. The molecule has 0 bridgehead atoms. The van der Waals surface area contributed by atoms with Gasteiger partial charge in [0, 0.05) is 56.3 Å². The summed E-state index contributed by atoms with van der Waals surface area (Å²) in [5.41, 5.74) is -0.804. The quantitative estimate of drug-likeness (QED) is 0.166. The van der Waals surface area contributed by atoms with Crippen LogP contribution < -0.4 is 14.8 Å². The van der Waals surface area contributed by atoms with Crippen LogP contribution in [0.5, 0.6) is 11.5 Å². The molecule has 1 spiro atoms. The number of anilines is 1. The number of hydrogen-bond acceptors (Lipinski definition) is 9. The van der Waals surface area contributed by atoms with Crippen LogP contribution in [0.3, 0.4) is 0 Å². The number of hydrogen-bond donors (Lipinski definition) is 2. The van der Waals surface area contributed by atoms with E-state index in [4.69, 9.17) is 9.47 Å². The second-order valence-electron chi connectivity index (χ2n) is 14.4. The topological polar surface area (TPSA) is 143 Å². The number of alkyl halides is 3. The van der Waals surface area contributed by atoms with E-state index in [-0.39, 0.29) is 11.7 Å². The van der Waals surface area contributed by atoms with Crippen LogP contribution >= 0.6 is 0 Å². The van der Waals surface area contributed by atoms with E-state index in [0.29, 0.717) is 64.5 Å². The predicted molar refractivity (Wildman–Crippen MR) is 184 cm³/mol. The number of nitro groups is 1. The van der Waals surface area contributed by atoms with Crippen molar-refractivity contribution in [3.63, 3.8) is 0 Å². The van der Waals surface area contributed by atoms with Crippen LogP contribution in [0.15, 0.2) is 30.3 Å². The molecule has 3 heterocycles. The van der Waals surface area contributed by atoms with Crippen molar-refractivity contribution in [2.45, 2.75) is 83.5 Å². The highest BCUT2D eigenvalue weighted by Gasteiger charge is 2.39. The number of nitrogens with one attached hydrogen (secondary N) is 1. The fraction of sp³-hybridized carbons (Fsp3) is 0.583. The Kier molecular flexibility index (Phi) is 10.5. The van der Waals surface area contributed by atoms with E-state index in [1.54, 1.807) is 38.0 Å². The molecular formula is C36H45F3N6O6. The van der Waals surface area contributed by atoms with Crippen LogP contribution in [-0.4, -0.2) is 81.8 Å². The van der Waals surface area contributed by atoms with Crippen molar-refractivity contribution in [1.29, 1.82) is 0 Å². The molecule has 1 aliphatic carbocycles. The van der Waals surface area contributed by atoms with E-state index >= 15 is 0 Å². The number of nitrogens with zero attached hydrogens (tertiary/aromatic N) is 5. The highest BCUT2D eigenvalue weighted by molar-refractivity contribution is 5.92. The lowest BCUT2D eigenvalue weighted by atomic mass is 9.65. The second-order valence-corrected chi connectivity index (χ2v) is 14.4. The van der Waals surface area contributed by atoms with E-state index < -0.39 is 34.5 Å². The Labute approximate surface area is 294 Å². The van der Waals surface area contributed by atoms with Crippen LogP contribution in [0.1, 0.15) is 81.3 Å². The number of methoxy groups -OCH3 is 1. The van der Waals surface area contributed by atoms with Gasteiger partial charge < -0.3 is 29.7 Å². The van der Waals surface area contributed by atoms with Crippen molar-refractivity contribution in [2.24, 2.45) is 11.3 Å². The number of benzene rings is 2. The SMILES string of the molecule is COc1cc2nc(C)nc(N[C@H](C)c3cc([N+](=O)[O-])cc(C(F)(F)F)c3)c2cc1OC1CCN(CC2CCC3(CC2)CCN(C(=O)O)CC3)CC1. The molecule has 3 aliphatic rings. The van der Waals surface area contributed by atoms with Gasteiger partial charge in [0.25, 0.3) is 5.69 Å². The van der Waals surface area contributed by atoms with Crippen LogP contribution in [0.2, 0.25) is 0 Å². The van der Waals surface area contributed by atoms with E-state index in [1.807, 2.05) is 0 Å². The van der Waals surface area contributed by atoms with Gasteiger partial charge in [-0.15, -0.1) is 0 Å². The van der Waals surface area contributed by atoms with Gasteiger partial charge in [-0.2, -0.15) is 13.2 Å². The van der Waals surface area contributed by atoms with Crippen molar-refractivity contribution in [1.82, 2.24) is 19.8 Å². The molecule has 2 aromatic carbocycles. The fourth-order valence-electron chi connectivity index (χ4n) is 7.96. The molecule has 1 atom stereocenters. The number of amides is 1. The molecule has 0 radical (unpaired) electrons. The number of piperidine rings is 2. The molecule has 3 fully saturated rings. The van der Waals surface area contributed by atoms with Crippen molar-refractivity contribution in [3.05, 3.63) is 57.4 Å². The number of rotatable bonds is 9. The molecule has 15 heteroatoms. The molecule has 276 valence electrons. The number of halogens is 3. The number of fused-ring (bicyclic) bond motifs is 1. The maximum Gasteiger partial charge on any atom is 0.416 e. The Bertz CT molecular complexity index is 1750. The summed E-state index contributed by atoms with van der Waals surface area (Å²) < 4.78 is 52.9. The molecule has 12 nitrogen and oxygen atoms in total. The largest absolute Gasteiger partial charge is 0.493 e. The van der Waals surface area contributed by atoms with Crippen molar-refractivity contribution >= 4 is 28.5 Å². The lowest BCUT2D eigenvalue weighted by molar-refractivity contribution is -0.385. The Hall–Kier alpha value is -4.40. The number of non-ortho nitro benzene ring substituents is 1. The van der Waals surface area contributed by atoms with Crippen molar-refractivity contribution < 1.29 is 37.5 Å². The summed E-state index contributed by atoms with van der Waals surface area (Å²) in [6.07, 6.45) is 2.71. The third kappa shape index (κ3) is 8.40. The molecule has 1 amide bonds. The summed E-state index contributed by atoms with van der Waals surface area (Å²) in [6, 6.07) is 5.33. The zero-order valence-electron chi connectivity index (χ0n) is 29.2. The summed E-state index contributed by atoms with van der Waals surface area (Å²) in [7, 11) is 1.55. The average molecular weight is 715 g/mol. The first kappa shape index (κ1) is 36.4. The smallest absolute Gasteiger partial charge is 0.416 e. The van der Waals surface area contributed by atoms with Crippen LogP contribution in [-0.2, 0) is 6.18 Å². The van der Waals surface area contributed by atoms with Gasteiger partial charge in [0.1, 0.15) is 17.7 Å². The second kappa shape index (κ2) is 14.7. The maximum atomic E-state index is 13.6. The maximum absolute atomic E-state index is 13.6. The number of aryl methyl sites for hydroxylation is 1. The molecule has 3 aromatic rings. The van der Waals surface area contributed by atoms with Gasteiger partial charge in [0.15, 0.2) is 11.5 Å². The molecule has 1 saturated carbocycles. The number of aromatic nitrogens is 2. The van der Waals surface area contributed by atoms with Gasteiger partial charge in [-0.25, -0.2) is 14.8 Å². The van der Waals surface area contributed by atoms with E-state index in [2.05, 4.69) is 20.2 Å². The lowest BCUT2D eigenvalue weighted by Crippen LogP contribution is -2.45. The number of carbonyl (C=O) groups is 1. The van der Waals surface area contributed by atoms with E-state index in [9.17, 15) is 33.2 Å². The zero-order chi connectivity index (χ0) is 36.5. The van der Waals surface area contributed by atoms with E-state index in [1.165, 1.54) is 25.7 Å². The lowest BCUT2D eigenvalue weighted by Gasteiger charge is -2.46. The van der Waals surface area contributed by atoms with Gasteiger partial charge in [-0.3, -0.25) is 10.1 Å². The number of likely N-dealkylation sites (tertiary alicyclic amines) is 2. The van der Waals surface area contributed by atoms with Crippen molar-refractivity contribution in [2.75, 3.05) is 45.2 Å². The van der Waals surface area contributed by atoms with Gasteiger partial charge in [-0.05, 0) is 94.2 Å². The molecule has 2 N–H and O–H groups in total. The highest BCUT2D eigenvalue weighted by atomic mass is 19.4. The number of ether oxygens (including phenoxy) is 2. The molecular weight excluding hydrogens is 669 g/mol. The summed E-state index contributed by atoms with van der Waals surface area (Å²) in [5.74, 6) is 2.43. The Morgan fingerprint density at radius 1 is 1.04 bits per heavy atom. The van der Waals surface area contributed by atoms with Crippen LogP contribution in [0.4, 0.5) is 29.5 Å². The first-order chi connectivity index (χ1) is 24.2. The minimum Gasteiger partial charge on any atom is -0.493 e. The third-order valence-electron chi connectivity index (χ3n) is 11.0. The third-order valence-corrected chi connectivity index (χ3v) is 11.0. The summed E-state index contributed by atoms with van der Waals surface area (Å²) in [5, 5.41) is 24.5. The van der Waals surface area contributed by atoms with Gasteiger partial charge in [-0.1, -0.05) is 0 Å². The monoisotopic (exact) mass is 714 g/mol. The summed E-state index contributed by atoms with van der Waals surface area (Å²) in [4.78, 5) is 35.1. The summed E-state index contributed by atoms with van der Waals surface area (Å²) in [6.45, 7) is 7.48. The average Bonchev–Trinajstić information content (AvgIpc) is 3.09. The van der Waals surface area contributed by atoms with Gasteiger partial charge in [0.2, 0.25) is 0 Å². The fourth-order valence-corrected chi connectivity index (χ4v) is 7.96. The minimum atomic E-state index is -4.75. The normalized spacial score (nSPS) is 19.6. The Morgan fingerprint density at radius 2 is 1.73 bits per heavy atom. The van der Waals surface area contributed by atoms with Gasteiger partial charge >= 0.3 is 12.3 Å². The molecule has 2 saturated heterocycles. The minimum absolute atomic E-state index is 0.0472. The first-order valence-electron chi connectivity index (χ1n) is 17.6.